The lowest BCUT2D eigenvalue weighted by Gasteiger charge is -2.31. The molecule has 0 unspecified atom stereocenters. The summed E-state index contributed by atoms with van der Waals surface area (Å²) in [7, 11) is 0. The summed E-state index contributed by atoms with van der Waals surface area (Å²) >= 11 is 0. The first-order valence-corrected chi connectivity index (χ1v) is 11.3. The van der Waals surface area contributed by atoms with Gasteiger partial charge in [0.25, 0.3) is 5.78 Å². The molecule has 2 aromatic heterocycles. The fraction of sp³-hybridized carbons (Fsp3) is 0.320. The second-order valence-corrected chi connectivity index (χ2v) is 8.70. The first kappa shape index (κ1) is 22.2. The molecule has 1 N–H and O–H groups in total. The Morgan fingerprint density at radius 2 is 1.71 bits per heavy atom. The second-order valence-electron chi connectivity index (χ2n) is 8.70. The highest BCUT2D eigenvalue weighted by Gasteiger charge is 2.32. The van der Waals surface area contributed by atoms with Crippen molar-refractivity contribution in [3.8, 4) is 11.4 Å². The third kappa shape index (κ3) is 4.42. The van der Waals surface area contributed by atoms with Crippen LogP contribution >= 0.6 is 0 Å². The Balaban J connectivity index is 1.58. The lowest BCUT2D eigenvalue weighted by molar-refractivity contribution is -0.137. The summed E-state index contributed by atoms with van der Waals surface area (Å²) in [4.78, 5) is 11.1. The van der Waals surface area contributed by atoms with Crippen LogP contribution in [-0.4, -0.2) is 32.7 Å². The standard InChI is InChI=1S/C25H25F3N6/c1-16-7-6-8-18(13-16)23-31-24-29-17(2)14-22(34(24)32-23)30-20-10-9-19(25(26,27)28)15-21(20)33-11-4-3-5-12-33/h6-10,13-15,30H,3-5,11-12H2,1-2H3. The number of nitrogens with one attached hydrogen (secondary N) is 1. The number of benzene rings is 2. The minimum atomic E-state index is -4.40. The largest absolute Gasteiger partial charge is 0.416 e. The zero-order valence-corrected chi connectivity index (χ0v) is 19.0. The SMILES string of the molecule is Cc1cccc(-c2nc3nc(C)cc(Nc4ccc(C(F)(F)F)cc4N4CCCCC4)n3n2)c1. The van der Waals surface area contributed by atoms with E-state index in [1.807, 2.05) is 49.1 Å². The monoisotopic (exact) mass is 466 g/mol. The van der Waals surface area contributed by atoms with E-state index in [9.17, 15) is 13.2 Å². The predicted molar refractivity (Wildman–Crippen MR) is 126 cm³/mol. The van der Waals surface area contributed by atoms with Crippen LogP contribution in [0.25, 0.3) is 17.2 Å². The summed E-state index contributed by atoms with van der Waals surface area (Å²) in [5.74, 6) is 1.55. The van der Waals surface area contributed by atoms with Crippen molar-refractivity contribution in [2.45, 2.75) is 39.3 Å². The van der Waals surface area contributed by atoms with Gasteiger partial charge in [0, 0.05) is 30.4 Å². The fourth-order valence-corrected chi connectivity index (χ4v) is 4.33. The summed E-state index contributed by atoms with van der Waals surface area (Å²) in [6, 6.07) is 13.5. The van der Waals surface area contributed by atoms with Gasteiger partial charge in [-0.1, -0.05) is 23.8 Å². The molecule has 0 aliphatic carbocycles. The van der Waals surface area contributed by atoms with Crippen LogP contribution in [0.2, 0.25) is 0 Å². The number of halogens is 3. The van der Waals surface area contributed by atoms with Crippen LogP contribution in [0.4, 0.5) is 30.4 Å². The third-order valence-corrected chi connectivity index (χ3v) is 6.00. The van der Waals surface area contributed by atoms with Gasteiger partial charge in [0.05, 0.1) is 16.9 Å². The molecule has 34 heavy (non-hydrogen) atoms. The van der Waals surface area contributed by atoms with Crippen molar-refractivity contribution in [3.05, 3.63) is 65.4 Å². The van der Waals surface area contributed by atoms with Crippen molar-refractivity contribution in [3.63, 3.8) is 0 Å². The number of alkyl halides is 3. The van der Waals surface area contributed by atoms with Crippen molar-refractivity contribution < 1.29 is 13.2 Å². The molecule has 4 aromatic rings. The van der Waals surface area contributed by atoms with E-state index in [4.69, 9.17) is 0 Å². The first-order valence-electron chi connectivity index (χ1n) is 11.3. The zero-order valence-electron chi connectivity index (χ0n) is 19.0. The van der Waals surface area contributed by atoms with E-state index in [0.717, 1.165) is 55.2 Å². The highest BCUT2D eigenvalue weighted by atomic mass is 19.4. The maximum atomic E-state index is 13.5. The second kappa shape index (κ2) is 8.62. The molecule has 0 saturated carbocycles. The summed E-state index contributed by atoms with van der Waals surface area (Å²) in [5, 5.41) is 7.97. The van der Waals surface area contributed by atoms with Gasteiger partial charge in [0.15, 0.2) is 5.82 Å². The molecule has 1 aliphatic rings. The van der Waals surface area contributed by atoms with Crippen LogP contribution in [0.5, 0.6) is 0 Å². The third-order valence-electron chi connectivity index (χ3n) is 6.00. The molecule has 0 spiro atoms. The molecule has 2 aromatic carbocycles. The van der Waals surface area contributed by atoms with Crippen LogP contribution in [0.1, 0.15) is 36.1 Å². The average Bonchev–Trinajstić information content (AvgIpc) is 3.23. The first-order chi connectivity index (χ1) is 16.3. The average molecular weight is 467 g/mol. The van der Waals surface area contributed by atoms with E-state index >= 15 is 0 Å². The molecule has 176 valence electrons. The molecule has 9 heteroatoms. The molecular weight excluding hydrogens is 441 g/mol. The maximum Gasteiger partial charge on any atom is 0.416 e. The molecule has 0 bridgehead atoms. The highest BCUT2D eigenvalue weighted by Crippen LogP contribution is 2.38. The molecule has 1 aliphatic heterocycles. The number of aryl methyl sites for hydroxylation is 2. The minimum absolute atomic E-state index is 0.422. The summed E-state index contributed by atoms with van der Waals surface area (Å²) < 4.78 is 42.0. The minimum Gasteiger partial charge on any atom is -0.370 e. The van der Waals surface area contributed by atoms with Crippen molar-refractivity contribution >= 4 is 23.0 Å². The lowest BCUT2D eigenvalue weighted by Crippen LogP contribution is -2.30. The summed E-state index contributed by atoms with van der Waals surface area (Å²) in [6.45, 7) is 5.30. The highest BCUT2D eigenvalue weighted by molar-refractivity contribution is 5.76. The van der Waals surface area contributed by atoms with Crippen molar-refractivity contribution in [2.75, 3.05) is 23.3 Å². The van der Waals surface area contributed by atoms with Crippen LogP contribution in [-0.2, 0) is 6.18 Å². The van der Waals surface area contributed by atoms with Gasteiger partial charge in [0.2, 0.25) is 0 Å². The number of anilines is 3. The summed E-state index contributed by atoms with van der Waals surface area (Å²) in [6.07, 6.45) is -1.41. The molecule has 1 fully saturated rings. The van der Waals surface area contributed by atoms with E-state index in [-0.39, 0.29) is 0 Å². The maximum absolute atomic E-state index is 13.5. The molecular formula is C25H25F3N6. The van der Waals surface area contributed by atoms with Gasteiger partial charge in [-0.2, -0.15) is 22.7 Å². The van der Waals surface area contributed by atoms with Crippen LogP contribution in [0.15, 0.2) is 48.5 Å². The number of hydrogen-bond donors (Lipinski definition) is 1. The molecule has 0 radical (unpaired) electrons. The zero-order chi connectivity index (χ0) is 23.9. The van der Waals surface area contributed by atoms with Crippen LogP contribution in [0, 0.1) is 13.8 Å². The van der Waals surface area contributed by atoms with Gasteiger partial charge >= 0.3 is 6.18 Å². The molecule has 5 rings (SSSR count). The van der Waals surface area contributed by atoms with Gasteiger partial charge < -0.3 is 10.2 Å². The van der Waals surface area contributed by atoms with E-state index in [0.29, 0.717) is 28.8 Å². The Hall–Kier alpha value is -3.62. The normalized spacial score (nSPS) is 14.6. The Bertz CT molecular complexity index is 1340. The van der Waals surface area contributed by atoms with E-state index in [1.165, 1.54) is 12.1 Å². The van der Waals surface area contributed by atoms with Gasteiger partial charge in [-0.3, -0.25) is 0 Å². The van der Waals surface area contributed by atoms with E-state index < -0.39 is 11.7 Å². The Morgan fingerprint density at radius 3 is 2.44 bits per heavy atom. The number of hydrogen-bond acceptors (Lipinski definition) is 5. The van der Waals surface area contributed by atoms with Gasteiger partial charge in [0.1, 0.15) is 5.82 Å². The number of aromatic nitrogens is 4. The van der Waals surface area contributed by atoms with Crippen LogP contribution < -0.4 is 10.2 Å². The Morgan fingerprint density at radius 1 is 0.912 bits per heavy atom. The molecule has 1 saturated heterocycles. The fourth-order valence-electron chi connectivity index (χ4n) is 4.33. The molecule has 0 atom stereocenters. The number of nitrogens with zero attached hydrogens (tertiary/aromatic N) is 5. The number of fused-ring (bicyclic) bond motifs is 1. The topological polar surface area (TPSA) is 58.4 Å². The molecule has 6 nitrogen and oxygen atoms in total. The van der Waals surface area contributed by atoms with Gasteiger partial charge in [-0.15, -0.1) is 5.10 Å². The van der Waals surface area contributed by atoms with Crippen molar-refractivity contribution in [1.82, 2.24) is 19.6 Å². The smallest absolute Gasteiger partial charge is 0.370 e. The quantitative estimate of drug-likeness (QED) is 0.390. The number of piperidine rings is 1. The van der Waals surface area contributed by atoms with Gasteiger partial charge in [-0.25, -0.2) is 4.98 Å². The predicted octanol–water partition coefficient (Wildman–Crippen LogP) is 6.16. The molecule has 3 heterocycles. The lowest BCUT2D eigenvalue weighted by atomic mass is 10.1. The van der Waals surface area contributed by atoms with Crippen LogP contribution in [0.3, 0.4) is 0 Å². The van der Waals surface area contributed by atoms with Crippen molar-refractivity contribution in [1.29, 1.82) is 0 Å². The summed E-state index contributed by atoms with van der Waals surface area (Å²) in [5.41, 5.74) is 3.17. The Kier molecular flexibility index (Phi) is 5.63. The molecule has 0 amide bonds. The van der Waals surface area contributed by atoms with Gasteiger partial charge in [-0.05, 0) is 57.4 Å². The number of rotatable bonds is 4. The van der Waals surface area contributed by atoms with Crippen molar-refractivity contribution in [2.24, 2.45) is 0 Å². The Labute approximate surface area is 195 Å². The van der Waals surface area contributed by atoms with E-state index in [1.54, 1.807) is 4.52 Å². The van der Waals surface area contributed by atoms with E-state index in [2.05, 4.69) is 20.4 Å².